The van der Waals surface area contributed by atoms with Gasteiger partial charge in [-0.1, -0.05) is 0 Å². The quantitative estimate of drug-likeness (QED) is 0.477. The Morgan fingerprint density at radius 1 is 1.64 bits per heavy atom. The molecule has 0 fully saturated rings. The van der Waals surface area contributed by atoms with E-state index in [2.05, 4.69) is 5.32 Å². The zero-order valence-corrected chi connectivity index (χ0v) is 6.33. The summed E-state index contributed by atoms with van der Waals surface area (Å²) in [4.78, 5) is 20.4. The van der Waals surface area contributed by atoms with Crippen LogP contribution in [0, 0.1) is 0 Å². The first-order chi connectivity index (χ1) is 5.04. The van der Waals surface area contributed by atoms with Crippen molar-refractivity contribution in [3.8, 4) is 0 Å². The molecule has 0 radical (unpaired) electrons. The van der Waals surface area contributed by atoms with Crippen molar-refractivity contribution in [2.24, 2.45) is 5.73 Å². The number of nitrogens with two attached hydrogens (primary N) is 1. The van der Waals surface area contributed by atoms with Gasteiger partial charge >= 0.3 is 5.97 Å². The van der Waals surface area contributed by atoms with Gasteiger partial charge in [0.25, 0.3) is 0 Å². The van der Waals surface area contributed by atoms with Crippen LogP contribution >= 0.6 is 0 Å². The highest BCUT2D eigenvalue weighted by molar-refractivity contribution is 5.74. The number of hydrogen-bond acceptors (Lipinski definition) is 3. The molecule has 0 saturated carbocycles. The topological polar surface area (TPSA) is 92.4 Å². The summed E-state index contributed by atoms with van der Waals surface area (Å²) in [7, 11) is 0. The van der Waals surface area contributed by atoms with Crippen molar-refractivity contribution in [3.63, 3.8) is 0 Å². The zero-order valence-electron chi connectivity index (χ0n) is 6.33. The fraction of sp³-hybridized carbons (Fsp3) is 0.667. The molecule has 64 valence electrons. The van der Waals surface area contributed by atoms with Crippen molar-refractivity contribution in [1.29, 1.82) is 0 Å². The Kier molecular flexibility index (Phi) is 4.21. The molecule has 1 atom stereocenters. The molecule has 0 rings (SSSR count). The maximum absolute atomic E-state index is 10.2. The van der Waals surface area contributed by atoms with Gasteiger partial charge in [0.15, 0.2) is 0 Å². The van der Waals surface area contributed by atoms with Crippen LogP contribution in [0.25, 0.3) is 0 Å². The van der Waals surface area contributed by atoms with Gasteiger partial charge in [0.1, 0.15) is 6.04 Å². The molecule has 0 aliphatic carbocycles. The first-order valence-electron chi connectivity index (χ1n) is 3.28. The summed E-state index contributed by atoms with van der Waals surface area (Å²) in [6.45, 7) is 1.81. The molecule has 0 bridgehead atoms. The number of carboxylic acids is 1. The predicted molar refractivity (Wildman–Crippen MR) is 38.9 cm³/mol. The SMILES string of the molecule is CC(NCCC(N)=O)C(=O)O. The Morgan fingerprint density at radius 2 is 2.18 bits per heavy atom. The van der Waals surface area contributed by atoms with E-state index in [1.54, 1.807) is 0 Å². The maximum atomic E-state index is 10.2. The van der Waals surface area contributed by atoms with E-state index >= 15 is 0 Å². The van der Waals surface area contributed by atoms with E-state index in [0.29, 0.717) is 6.54 Å². The van der Waals surface area contributed by atoms with E-state index in [-0.39, 0.29) is 6.42 Å². The van der Waals surface area contributed by atoms with Crippen molar-refractivity contribution in [2.75, 3.05) is 6.54 Å². The number of carboxylic acid groups (broad SMARTS) is 1. The van der Waals surface area contributed by atoms with Crippen LogP contribution in [-0.4, -0.2) is 29.6 Å². The molecule has 0 aromatic heterocycles. The molecular weight excluding hydrogens is 148 g/mol. The van der Waals surface area contributed by atoms with E-state index < -0.39 is 17.9 Å². The summed E-state index contributed by atoms with van der Waals surface area (Å²) < 4.78 is 0. The number of amides is 1. The summed E-state index contributed by atoms with van der Waals surface area (Å²) in [5.41, 5.74) is 4.83. The molecule has 0 aromatic carbocycles. The molecule has 0 spiro atoms. The van der Waals surface area contributed by atoms with Crippen LogP contribution in [0.15, 0.2) is 0 Å². The van der Waals surface area contributed by atoms with Crippen molar-refractivity contribution < 1.29 is 14.7 Å². The fourth-order valence-corrected chi connectivity index (χ4v) is 0.499. The molecule has 0 heterocycles. The summed E-state index contributed by atoms with van der Waals surface area (Å²) in [5, 5.41) is 11.0. The second kappa shape index (κ2) is 4.68. The van der Waals surface area contributed by atoms with E-state index in [1.165, 1.54) is 6.92 Å². The summed E-state index contributed by atoms with van der Waals surface area (Å²) in [6.07, 6.45) is 0.164. The lowest BCUT2D eigenvalue weighted by molar-refractivity contribution is -0.139. The average molecular weight is 160 g/mol. The van der Waals surface area contributed by atoms with Crippen LogP contribution in [0.4, 0.5) is 0 Å². The van der Waals surface area contributed by atoms with Crippen LogP contribution in [0.1, 0.15) is 13.3 Å². The third-order valence-corrected chi connectivity index (χ3v) is 1.19. The predicted octanol–water partition coefficient (Wildman–Crippen LogP) is -1.08. The standard InChI is InChI=1S/C6H12N2O3/c1-4(6(10)11)8-3-2-5(7)9/h4,8H,2-3H2,1H3,(H2,7,9)(H,10,11). The zero-order chi connectivity index (χ0) is 8.85. The lowest BCUT2D eigenvalue weighted by atomic mass is 10.3. The molecule has 1 unspecified atom stereocenters. The largest absolute Gasteiger partial charge is 0.480 e. The summed E-state index contributed by atoms with van der Waals surface area (Å²) >= 11 is 0. The van der Waals surface area contributed by atoms with Gasteiger partial charge < -0.3 is 16.2 Å². The van der Waals surface area contributed by atoms with Crippen molar-refractivity contribution >= 4 is 11.9 Å². The first-order valence-corrected chi connectivity index (χ1v) is 3.28. The second-order valence-electron chi connectivity index (χ2n) is 2.23. The highest BCUT2D eigenvalue weighted by atomic mass is 16.4. The van der Waals surface area contributed by atoms with E-state index in [1.807, 2.05) is 0 Å². The third kappa shape index (κ3) is 5.35. The summed E-state index contributed by atoms with van der Waals surface area (Å²) in [6, 6.07) is -0.630. The molecule has 11 heavy (non-hydrogen) atoms. The minimum absolute atomic E-state index is 0.164. The van der Waals surface area contributed by atoms with Crippen molar-refractivity contribution in [3.05, 3.63) is 0 Å². The van der Waals surface area contributed by atoms with Crippen LogP contribution in [0.3, 0.4) is 0 Å². The number of aliphatic carboxylic acids is 1. The smallest absolute Gasteiger partial charge is 0.320 e. The van der Waals surface area contributed by atoms with Crippen LogP contribution in [0.5, 0.6) is 0 Å². The highest BCUT2D eigenvalue weighted by Crippen LogP contribution is 1.81. The molecule has 0 aliphatic rings. The van der Waals surface area contributed by atoms with Gasteiger partial charge in [0.05, 0.1) is 0 Å². The molecule has 5 nitrogen and oxygen atoms in total. The van der Waals surface area contributed by atoms with Crippen molar-refractivity contribution in [1.82, 2.24) is 5.32 Å². The van der Waals surface area contributed by atoms with Gasteiger partial charge in [0, 0.05) is 13.0 Å². The van der Waals surface area contributed by atoms with Gasteiger partial charge in [-0.15, -0.1) is 0 Å². The monoisotopic (exact) mass is 160 g/mol. The number of nitrogens with one attached hydrogen (secondary N) is 1. The number of primary amides is 1. The highest BCUT2D eigenvalue weighted by Gasteiger charge is 2.08. The Labute approximate surface area is 64.6 Å². The molecule has 0 saturated heterocycles. The Bertz CT molecular complexity index is 158. The van der Waals surface area contributed by atoms with Crippen molar-refractivity contribution in [2.45, 2.75) is 19.4 Å². The van der Waals surface area contributed by atoms with Gasteiger partial charge in [-0.3, -0.25) is 9.59 Å². The Hall–Kier alpha value is -1.10. The minimum Gasteiger partial charge on any atom is -0.480 e. The number of carbonyl (C=O) groups is 2. The van der Waals surface area contributed by atoms with E-state index in [9.17, 15) is 9.59 Å². The maximum Gasteiger partial charge on any atom is 0.320 e. The van der Waals surface area contributed by atoms with E-state index in [4.69, 9.17) is 10.8 Å². The molecule has 1 amide bonds. The molecule has 5 heteroatoms. The van der Waals surface area contributed by atoms with Gasteiger partial charge in [-0.2, -0.15) is 0 Å². The fourth-order valence-electron chi connectivity index (χ4n) is 0.499. The lowest BCUT2D eigenvalue weighted by Crippen LogP contribution is -2.35. The van der Waals surface area contributed by atoms with Gasteiger partial charge in [0.2, 0.25) is 5.91 Å². The molecular formula is C6H12N2O3. The Balaban J connectivity index is 3.39. The van der Waals surface area contributed by atoms with Crippen LogP contribution in [0.2, 0.25) is 0 Å². The molecule has 4 N–H and O–H groups in total. The molecule has 0 aromatic rings. The van der Waals surface area contributed by atoms with Gasteiger partial charge in [-0.05, 0) is 6.92 Å². The number of carbonyl (C=O) groups excluding carboxylic acids is 1. The minimum atomic E-state index is -0.936. The van der Waals surface area contributed by atoms with E-state index in [0.717, 1.165) is 0 Å². The third-order valence-electron chi connectivity index (χ3n) is 1.19. The average Bonchev–Trinajstić information content (AvgIpc) is 1.86. The Morgan fingerprint density at radius 3 is 2.55 bits per heavy atom. The number of hydrogen-bond donors (Lipinski definition) is 3. The second-order valence-corrected chi connectivity index (χ2v) is 2.23. The number of rotatable bonds is 5. The molecule has 0 aliphatic heterocycles. The van der Waals surface area contributed by atoms with Crippen LogP contribution < -0.4 is 11.1 Å². The summed E-state index contributed by atoms with van der Waals surface area (Å²) in [5.74, 6) is -1.37. The first kappa shape index (κ1) is 9.90. The lowest BCUT2D eigenvalue weighted by Gasteiger charge is -2.06. The normalized spacial score (nSPS) is 12.5. The van der Waals surface area contributed by atoms with Crippen LogP contribution in [-0.2, 0) is 9.59 Å². The van der Waals surface area contributed by atoms with Gasteiger partial charge in [-0.25, -0.2) is 0 Å².